The normalized spacial score (nSPS) is 22.1. The lowest BCUT2D eigenvalue weighted by Crippen LogP contribution is -2.36. The molecule has 1 amide bonds. The fourth-order valence-electron chi connectivity index (χ4n) is 2.68. The first-order valence-electron chi connectivity index (χ1n) is 6.90. The Morgan fingerprint density at radius 2 is 2.05 bits per heavy atom. The van der Waals surface area contributed by atoms with Gasteiger partial charge in [0, 0.05) is 19.6 Å². The molecule has 0 atom stereocenters. The molecule has 1 aromatic rings. The lowest BCUT2D eigenvalue weighted by molar-refractivity contribution is 0.0948. The van der Waals surface area contributed by atoms with Gasteiger partial charge in [0.15, 0.2) is 0 Å². The summed E-state index contributed by atoms with van der Waals surface area (Å²) in [6.07, 6.45) is 0.919. The van der Waals surface area contributed by atoms with Crippen LogP contribution in [0.1, 0.15) is 29.1 Å². The van der Waals surface area contributed by atoms with Crippen molar-refractivity contribution in [1.82, 2.24) is 5.32 Å². The molecule has 0 unspecified atom stereocenters. The zero-order valence-corrected chi connectivity index (χ0v) is 14.2. The number of anilines is 1. The molecule has 2 aliphatic heterocycles. The Kier molecular flexibility index (Phi) is 3.81. The minimum Gasteiger partial charge on any atom is -0.378 e. The molecule has 0 radical (unpaired) electrons. The molecule has 110 valence electrons. The number of morpholine rings is 1. The second-order valence-electron chi connectivity index (χ2n) is 6.15. The van der Waals surface area contributed by atoms with Gasteiger partial charge in [0.2, 0.25) is 0 Å². The number of nitrogens with zero attached hydrogens (tertiary/aromatic N) is 1. The van der Waals surface area contributed by atoms with Crippen molar-refractivity contribution >= 4 is 38.2 Å². The van der Waals surface area contributed by atoms with Crippen molar-refractivity contribution in [2.24, 2.45) is 5.41 Å². The molecule has 20 heavy (non-hydrogen) atoms. The van der Waals surface area contributed by atoms with Crippen molar-refractivity contribution in [3.8, 4) is 0 Å². The highest BCUT2D eigenvalue weighted by Crippen LogP contribution is 2.44. The van der Waals surface area contributed by atoms with Gasteiger partial charge in [-0.15, -0.1) is 11.3 Å². The average molecular weight is 359 g/mol. The highest BCUT2D eigenvalue weighted by Gasteiger charge is 2.32. The van der Waals surface area contributed by atoms with Crippen LogP contribution < -0.4 is 10.2 Å². The quantitative estimate of drug-likeness (QED) is 0.838. The standard InChI is InChI=1S/C14H19BrN2O2S/c1-14(2)7-9-10(15)13(17-3-5-19-6-4-17)20-11(9)12(18)16-8-14/h3-8H2,1-2H3,(H,16,18). The van der Waals surface area contributed by atoms with Crippen LogP contribution in [0.15, 0.2) is 4.47 Å². The Bertz CT molecular complexity index is 536. The predicted octanol–water partition coefficient (Wildman–Crippen LogP) is 2.66. The van der Waals surface area contributed by atoms with Gasteiger partial charge in [0.05, 0.1) is 22.6 Å². The number of hydrogen-bond donors (Lipinski definition) is 1. The first-order chi connectivity index (χ1) is 9.48. The Labute approximate surface area is 131 Å². The minimum absolute atomic E-state index is 0.0655. The smallest absolute Gasteiger partial charge is 0.261 e. The number of halogens is 1. The van der Waals surface area contributed by atoms with E-state index in [1.807, 2.05) is 0 Å². The Balaban J connectivity index is 2.00. The molecule has 3 heterocycles. The number of thiophene rings is 1. The van der Waals surface area contributed by atoms with E-state index in [9.17, 15) is 4.79 Å². The van der Waals surface area contributed by atoms with Gasteiger partial charge in [-0.2, -0.15) is 0 Å². The molecule has 1 aromatic heterocycles. The summed E-state index contributed by atoms with van der Waals surface area (Å²) in [5, 5.41) is 4.21. The van der Waals surface area contributed by atoms with Crippen LogP contribution in [0.5, 0.6) is 0 Å². The van der Waals surface area contributed by atoms with Gasteiger partial charge >= 0.3 is 0 Å². The molecular weight excluding hydrogens is 340 g/mol. The zero-order valence-electron chi connectivity index (χ0n) is 11.8. The summed E-state index contributed by atoms with van der Waals surface area (Å²) >= 11 is 5.34. The lowest BCUT2D eigenvalue weighted by atomic mass is 9.87. The van der Waals surface area contributed by atoms with Crippen LogP contribution in [-0.2, 0) is 11.2 Å². The second kappa shape index (κ2) is 5.31. The van der Waals surface area contributed by atoms with E-state index in [0.717, 1.165) is 54.2 Å². The Morgan fingerprint density at radius 3 is 2.75 bits per heavy atom. The summed E-state index contributed by atoms with van der Waals surface area (Å²) in [6, 6.07) is 0. The molecule has 0 spiro atoms. The third-order valence-corrected chi connectivity index (χ3v) is 6.22. The number of fused-ring (bicyclic) bond motifs is 1. The van der Waals surface area contributed by atoms with Crippen LogP contribution in [0.4, 0.5) is 5.00 Å². The second-order valence-corrected chi connectivity index (χ2v) is 7.94. The van der Waals surface area contributed by atoms with Crippen LogP contribution in [0.25, 0.3) is 0 Å². The van der Waals surface area contributed by atoms with Crippen LogP contribution in [0.2, 0.25) is 0 Å². The first-order valence-corrected chi connectivity index (χ1v) is 8.51. The SMILES string of the molecule is CC1(C)CNC(=O)c2sc(N3CCOCC3)c(Br)c2C1. The molecule has 0 bridgehead atoms. The van der Waals surface area contributed by atoms with Crippen molar-refractivity contribution in [2.45, 2.75) is 20.3 Å². The van der Waals surface area contributed by atoms with E-state index in [1.54, 1.807) is 11.3 Å². The average Bonchev–Trinajstić information content (AvgIpc) is 2.68. The fraction of sp³-hybridized carbons (Fsp3) is 0.643. The van der Waals surface area contributed by atoms with Gasteiger partial charge < -0.3 is 15.0 Å². The number of nitrogens with one attached hydrogen (secondary N) is 1. The summed E-state index contributed by atoms with van der Waals surface area (Å²) in [4.78, 5) is 15.5. The van der Waals surface area contributed by atoms with E-state index in [4.69, 9.17) is 4.74 Å². The molecule has 0 saturated carbocycles. The molecule has 0 aromatic carbocycles. The van der Waals surface area contributed by atoms with E-state index >= 15 is 0 Å². The number of rotatable bonds is 1. The summed E-state index contributed by atoms with van der Waals surface area (Å²) in [5.41, 5.74) is 1.25. The highest BCUT2D eigenvalue weighted by molar-refractivity contribution is 9.10. The van der Waals surface area contributed by atoms with Gasteiger partial charge in [0.25, 0.3) is 5.91 Å². The van der Waals surface area contributed by atoms with Gasteiger partial charge in [-0.3, -0.25) is 4.79 Å². The van der Waals surface area contributed by atoms with Crippen molar-refractivity contribution in [3.63, 3.8) is 0 Å². The number of hydrogen-bond acceptors (Lipinski definition) is 4. The molecule has 0 aliphatic carbocycles. The van der Waals surface area contributed by atoms with Crippen molar-refractivity contribution in [1.29, 1.82) is 0 Å². The maximum absolute atomic E-state index is 12.3. The minimum atomic E-state index is 0.0655. The predicted molar refractivity (Wildman–Crippen MR) is 84.9 cm³/mol. The van der Waals surface area contributed by atoms with Gasteiger partial charge in [-0.1, -0.05) is 13.8 Å². The lowest BCUT2D eigenvalue weighted by Gasteiger charge is -2.28. The Morgan fingerprint density at radius 1 is 1.35 bits per heavy atom. The zero-order chi connectivity index (χ0) is 14.3. The molecule has 1 N–H and O–H groups in total. The van der Waals surface area contributed by atoms with Crippen molar-refractivity contribution in [2.75, 3.05) is 37.7 Å². The van der Waals surface area contributed by atoms with Crippen LogP contribution in [0.3, 0.4) is 0 Å². The number of carbonyl (C=O) groups excluding carboxylic acids is 1. The van der Waals surface area contributed by atoms with E-state index in [1.165, 1.54) is 5.00 Å². The molecule has 4 nitrogen and oxygen atoms in total. The molecule has 3 rings (SSSR count). The molecule has 1 fully saturated rings. The maximum Gasteiger partial charge on any atom is 0.261 e. The molecule has 2 aliphatic rings. The van der Waals surface area contributed by atoms with Crippen LogP contribution in [-0.4, -0.2) is 38.8 Å². The maximum atomic E-state index is 12.3. The topological polar surface area (TPSA) is 41.6 Å². The number of carbonyl (C=O) groups is 1. The van der Waals surface area contributed by atoms with Gasteiger partial charge in [-0.05, 0) is 33.3 Å². The third-order valence-electron chi connectivity index (χ3n) is 3.81. The molecule has 1 saturated heterocycles. The monoisotopic (exact) mass is 358 g/mol. The van der Waals surface area contributed by atoms with E-state index in [2.05, 4.69) is 40.0 Å². The fourth-order valence-corrected chi connectivity index (χ4v) is 4.83. The summed E-state index contributed by atoms with van der Waals surface area (Å²) in [7, 11) is 0. The first kappa shape index (κ1) is 14.4. The number of ether oxygens (including phenoxy) is 1. The van der Waals surface area contributed by atoms with Crippen LogP contribution in [0, 0.1) is 5.41 Å². The Hall–Kier alpha value is -0.590. The third kappa shape index (κ3) is 2.61. The van der Waals surface area contributed by atoms with E-state index in [0.29, 0.717) is 0 Å². The summed E-state index contributed by atoms with van der Waals surface area (Å²) in [5.74, 6) is 0.0655. The van der Waals surface area contributed by atoms with E-state index in [-0.39, 0.29) is 11.3 Å². The van der Waals surface area contributed by atoms with Gasteiger partial charge in [0.1, 0.15) is 5.00 Å². The van der Waals surface area contributed by atoms with Gasteiger partial charge in [-0.25, -0.2) is 0 Å². The summed E-state index contributed by atoms with van der Waals surface area (Å²) in [6.45, 7) is 8.42. The van der Waals surface area contributed by atoms with Crippen molar-refractivity contribution < 1.29 is 9.53 Å². The van der Waals surface area contributed by atoms with E-state index < -0.39 is 0 Å². The highest BCUT2D eigenvalue weighted by atomic mass is 79.9. The van der Waals surface area contributed by atoms with Crippen LogP contribution >= 0.6 is 27.3 Å². The molecular formula is C14H19BrN2O2S. The summed E-state index contributed by atoms with van der Waals surface area (Å²) < 4.78 is 6.51. The largest absolute Gasteiger partial charge is 0.378 e. The van der Waals surface area contributed by atoms with Crippen molar-refractivity contribution in [3.05, 3.63) is 14.9 Å². The molecule has 6 heteroatoms. The number of amides is 1.